The summed E-state index contributed by atoms with van der Waals surface area (Å²) >= 11 is 6.10. The van der Waals surface area contributed by atoms with E-state index in [1.54, 1.807) is 0 Å². The van der Waals surface area contributed by atoms with E-state index in [0.717, 1.165) is 21.7 Å². The van der Waals surface area contributed by atoms with Gasteiger partial charge in [-0.3, -0.25) is 0 Å². The molecule has 0 spiro atoms. The van der Waals surface area contributed by atoms with Gasteiger partial charge in [-0.15, -0.1) is 0 Å². The van der Waals surface area contributed by atoms with Gasteiger partial charge in [0.25, 0.3) is 0 Å². The Morgan fingerprint density at radius 1 is 1.14 bits per heavy atom. The molecule has 0 amide bonds. The minimum atomic E-state index is 0.790. The fraction of sp³-hybridized carbons (Fsp3) is 0.0769. The van der Waals surface area contributed by atoms with E-state index in [9.17, 15) is 0 Å². The number of hydrogen-bond acceptors (Lipinski definition) is 0. The Bertz CT molecular complexity index is 446. The molecule has 0 aliphatic heterocycles. The third kappa shape index (κ3) is 1.80. The molecule has 1 heteroatoms. The lowest BCUT2D eigenvalue weighted by molar-refractivity contribution is 1.45. The van der Waals surface area contributed by atoms with Gasteiger partial charge in [0.2, 0.25) is 0 Å². The smallest absolute Gasteiger partial charge is 0.0484 e. The van der Waals surface area contributed by atoms with Crippen molar-refractivity contribution >= 4 is 11.6 Å². The van der Waals surface area contributed by atoms with Crippen LogP contribution in [0.4, 0.5) is 0 Å². The Labute approximate surface area is 89.2 Å². The van der Waals surface area contributed by atoms with Crippen LogP contribution in [0.25, 0.3) is 11.1 Å². The topological polar surface area (TPSA) is 0 Å². The molecular weight excluding hydrogens is 192 g/mol. The molecular formula is C13H10Cl. The summed E-state index contributed by atoms with van der Waals surface area (Å²) in [6, 6.07) is 17.0. The summed E-state index contributed by atoms with van der Waals surface area (Å²) in [5.41, 5.74) is 3.35. The van der Waals surface area contributed by atoms with E-state index in [1.807, 2.05) is 43.3 Å². The maximum Gasteiger partial charge on any atom is 0.0484 e. The van der Waals surface area contributed by atoms with Crippen LogP contribution in [-0.4, -0.2) is 0 Å². The maximum absolute atomic E-state index is 6.10. The predicted molar refractivity (Wildman–Crippen MR) is 60.5 cm³/mol. The monoisotopic (exact) mass is 201 g/mol. The van der Waals surface area contributed by atoms with Crippen molar-refractivity contribution in [1.29, 1.82) is 0 Å². The number of aryl methyl sites for hydroxylation is 1. The second kappa shape index (κ2) is 3.85. The molecule has 0 fully saturated rings. The van der Waals surface area contributed by atoms with Gasteiger partial charge in [-0.2, -0.15) is 0 Å². The van der Waals surface area contributed by atoms with Crippen LogP contribution in [0.3, 0.4) is 0 Å². The Morgan fingerprint density at radius 3 is 2.64 bits per heavy atom. The molecule has 0 N–H and O–H groups in total. The van der Waals surface area contributed by atoms with Gasteiger partial charge in [0, 0.05) is 10.6 Å². The fourth-order valence-electron chi connectivity index (χ4n) is 1.45. The van der Waals surface area contributed by atoms with Crippen LogP contribution < -0.4 is 0 Å². The van der Waals surface area contributed by atoms with Crippen molar-refractivity contribution in [2.24, 2.45) is 0 Å². The van der Waals surface area contributed by atoms with E-state index >= 15 is 0 Å². The van der Waals surface area contributed by atoms with Crippen molar-refractivity contribution in [3.63, 3.8) is 0 Å². The van der Waals surface area contributed by atoms with E-state index in [0.29, 0.717) is 0 Å². The second-order valence-corrected chi connectivity index (χ2v) is 3.65. The summed E-state index contributed by atoms with van der Waals surface area (Å²) in [5.74, 6) is 0. The number of rotatable bonds is 1. The molecule has 0 atom stereocenters. The summed E-state index contributed by atoms with van der Waals surface area (Å²) in [6.45, 7) is 2.03. The van der Waals surface area contributed by atoms with Gasteiger partial charge < -0.3 is 0 Å². The molecule has 1 radical (unpaired) electrons. The first kappa shape index (κ1) is 9.29. The molecule has 0 nitrogen and oxygen atoms in total. The second-order valence-electron chi connectivity index (χ2n) is 3.24. The lowest BCUT2D eigenvalue weighted by Crippen LogP contribution is -1.80. The molecule has 0 saturated carbocycles. The standard InChI is InChI=1S/C13H10Cl/c1-10-5-4-6-11(9-10)12-7-2-3-8-13(12)14/h2-4,6-9H,1H3. The molecule has 0 aliphatic rings. The highest BCUT2D eigenvalue weighted by atomic mass is 35.5. The normalized spacial score (nSPS) is 10.1. The zero-order valence-electron chi connectivity index (χ0n) is 7.92. The van der Waals surface area contributed by atoms with E-state index in [1.165, 1.54) is 0 Å². The fourth-order valence-corrected chi connectivity index (χ4v) is 1.69. The number of hydrogen-bond donors (Lipinski definition) is 0. The van der Waals surface area contributed by atoms with Crippen molar-refractivity contribution in [2.75, 3.05) is 0 Å². The Hall–Kier alpha value is -1.27. The van der Waals surface area contributed by atoms with Gasteiger partial charge in [-0.05, 0) is 30.2 Å². The largest absolute Gasteiger partial charge is 0.0837 e. The highest BCUT2D eigenvalue weighted by Gasteiger charge is 2.01. The number of benzene rings is 2. The van der Waals surface area contributed by atoms with Crippen molar-refractivity contribution in [2.45, 2.75) is 6.92 Å². The maximum atomic E-state index is 6.10. The van der Waals surface area contributed by atoms with Gasteiger partial charge >= 0.3 is 0 Å². The first-order valence-electron chi connectivity index (χ1n) is 4.50. The predicted octanol–water partition coefficient (Wildman–Crippen LogP) is 4.12. The van der Waals surface area contributed by atoms with Crippen LogP contribution in [0.2, 0.25) is 5.02 Å². The van der Waals surface area contributed by atoms with Crippen LogP contribution in [0.5, 0.6) is 0 Å². The molecule has 0 bridgehead atoms. The minimum absolute atomic E-state index is 0.790. The van der Waals surface area contributed by atoms with Crippen LogP contribution >= 0.6 is 11.6 Å². The first-order valence-corrected chi connectivity index (χ1v) is 4.88. The molecule has 0 aliphatic carbocycles. The molecule has 0 aromatic heterocycles. The van der Waals surface area contributed by atoms with E-state index in [4.69, 9.17) is 11.6 Å². The molecule has 0 saturated heterocycles. The van der Waals surface area contributed by atoms with E-state index in [-0.39, 0.29) is 0 Å². The van der Waals surface area contributed by atoms with Crippen molar-refractivity contribution in [1.82, 2.24) is 0 Å². The summed E-state index contributed by atoms with van der Waals surface area (Å²) in [6.07, 6.45) is 0. The zero-order chi connectivity index (χ0) is 9.97. The van der Waals surface area contributed by atoms with Gasteiger partial charge in [0.15, 0.2) is 0 Å². The van der Waals surface area contributed by atoms with Crippen LogP contribution in [0, 0.1) is 13.0 Å². The van der Waals surface area contributed by atoms with E-state index in [2.05, 4.69) is 12.1 Å². The lowest BCUT2D eigenvalue weighted by atomic mass is 10.0. The van der Waals surface area contributed by atoms with Gasteiger partial charge in [0.05, 0.1) is 0 Å². The highest BCUT2D eigenvalue weighted by Crippen LogP contribution is 2.27. The molecule has 2 aromatic rings. The van der Waals surface area contributed by atoms with Crippen molar-refractivity contribution in [3.8, 4) is 11.1 Å². The van der Waals surface area contributed by atoms with Gasteiger partial charge in [-0.1, -0.05) is 48.0 Å². The highest BCUT2D eigenvalue weighted by molar-refractivity contribution is 6.33. The van der Waals surface area contributed by atoms with Crippen LogP contribution in [0.15, 0.2) is 42.5 Å². The Morgan fingerprint density at radius 2 is 1.93 bits per heavy atom. The molecule has 69 valence electrons. The molecule has 2 rings (SSSR count). The quantitative estimate of drug-likeness (QED) is 0.651. The lowest BCUT2D eigenvalue weighted by Gasteiger charge is -2.04. The van der Waals surface area contributed by atoms with Gasteiger partial charge in [0.1, 0.15) is 0 Å². The zero-order valence-corrected chi connectivity index (χ0v) is 8.68. The van der Waals surface area contributed by atoms with Crippen molar-refractivity contribution in [3.05, 3.63) is 59.1 Å². The third-order valence-corrected chi connectivity index (χ3v) is 2.46. The van der Waals surface area contributed by atoms with Crippen LogP contribution in [-0.2, 0) is 0 Å². The molecule has 0 unspecified atom stereocenters. The summed E-state index contributed by atoms with van der Waals surface area (Å²) in [4.78, 5) is 0. The SMILES string of the molecule is Cc1[c]ccc(-c2ccccc2Cl)c1. The first-order chi connectivity index (χ1) is 6.77. The Balaban J connectivity index is 2.55. The summed E-state index contributed by atoms with van der Waals surface area (Å²) in [7, 11) is 0. The summed E-state index contributed by atoms with van der Waals surface area (Å²) < 4.78 is 0. The van der Waals surface area contributed by atoms with Crippen LogP contribution in [0.1, 0.15) is 5.56 Å². The third-order valence-electron chi connectivity index (χ3n) is 2.13. The van der Waals surface area contributed by atoms with E-state index < -0.39 is 0 Å². The number of halogens is 1. The average Bonchev–Trinajstić information content (AvgIpc) is 2.18. The summed E-state index contributed by atoms with van der Waals surface area (Å²) in [5, 5.41) is 0.790. The molecule has 14 heavy (non-hydrogen) atoms. The Kier molecular flexibility index (Phi) is 2.55. The molecule has 0 heterocycles. The molecule has 2 aromatic carbocycles. The minimum Gasteiger partial charge on any atom is -0.0837 e. The van der Waals surface area contributed by atoms with Gasteiger partial charge in [-0.25, -0.2) is 0 Å². The van der Waals surface area contributed by atoms with Crippen molar-refractivity contribution < 1.29 is 0 Å². The average molecular weight is 202 g/mol.